The summed E-state index contributed by atoms with van der Waals surface area (Å²) in [4.78, 5) is 50.8. The molecule has 11 heteroatoms. The molecule has 214 valence electrons. The molecule has 40 heavy (non-hydrogen) atoms. The fraction of sp³-hybridized carbons (Fsp3) is 0.483. The van der Waals surface area contributed by atoms with E-state index in [4.69, 9.17) is 15.5 Å². The van der Waals surface area contributed by atoms with Crippen LogP contribution in [0.5, 0.6) is 0 Å². The number of nitrogens with two attached hydrogens (primary N) is 1. The molecular weight excluding hydrogens is 510 g/mol. The van der Waals surface area contributed by atoms with Crippen LogP contribution in [0, 0.1) is 13.8 Å². The van der Waals surface area contributed by atoms with Gasteiger partial charge in [-0.25, -0.2) is 14.8 Å². The molecule has 0 unspecified atom stereocenters. The second-order valence-corrected chi connectivity index (χ2v) is 11.6. The Hall–Kier alpha value is -4.15. The van der Waals surface area contributed by atoms with Crippen LogP contribution in [-0.2, 0) is 16.0 Å². The van der Waals surface area contributed by atoms with Gasteiger partial charge in [0.2, 0.25) is 5.91 Å². The highest BCUT2D eigenvalue weighted by Gasteiger charge is 2.32. The minimum atomic E-state index is -0.591. The first kappa shape index (κ1) is 28.8. The lowest BCUT2D eigenvalue weighted by Crippen LogP contribution is -2.42. The van der Waals surface area contributed by atoms with E-state index in [2.05, 4.69) is 10.3 Å². The minimum Gasteiger partial charge on any atom is -0.444 e. The van der Waals surface area contributed by atoms with Gasteiger partial charge < -0.3 is 25.6 Å². The normalized spacial score (nSPS) is 15.7. The van der Waals surface area contributed by atoms with Crippen molar-refractivity contribution >= 4 is 34.9 Å². The lowest BCUT2D eigenvalue weighted by Gasteiger charge is -2.33. The third-order valence-corrected chi connectivity index (χ3v) is 7.25. The Kier molecular flexibility index (Phi) is 8.04. The molecule has 0 spiro atoms. The van der Waals surface area contributed by atoms with Gasteiger partial charge in [0, 0.05) is 51.2 Å². The molecule has 1 atom stereocenters. The number of likely N-dealkylation sites (tertiary alicyclic amines) is 1. The lowest BCUT2D eigenvalue weighted by molar-refractivity contribution is -0.127. The van der Waals surface area contributed by atoms with Crippen molar-refractivity contribution in [3.05, 3.63) is 52.7 Å². The molecular formula is C29H39N7O4. The van der Waals surface area contributed by atoms with E-state index in [1.54, 1.807) is 46.8 Å². The average molecular weight is 550 g/mol. The smallest absolute Gasteiger partial charge is 0.410 e. The third kappa shape index (κ3) is 6.03. The van der Waals surface area contributed by atoms with Crippen LogP contribution in [0.3, 0.4) is 0 Å². The zero-order valence-corrected chi connectivity index (χ0v) is 24.4. The van der Waals surface area contributed by atoms with Crippen LogP contribution in [0.25, 0.3) is 5.52 Å². The second-order valence-electron chi connectivity index (χ2n) is 11.6. The van der Waals surface area contributed by atoms with Crippen LogP contribution in [0.15, 0.2) is 24.5 Å². The molecule has 1 saturated heterocycles. The summed E-state index contributed by atoms with van der Waals surface area (Å²) in [5.41, 5.74) is 9.59. The lowest BCUT2D eigenvalue weighted by atomic mass is 9.97. The van der Waals surface area contributed by atoms with Gasteiger partial charge in [-0.2, -0.15) is 0 Å². The van der Waals surface area contributed by atoms with Gasteiger partial charge in [0.15, 0.2) is 5.69 Å². The zero-order valence-electron chi connectivity index (χ0n) is 24.4. The van der Waals surface area contributed by atoms with Gasteiger partial charge in [-0.1, -0.05) is 6.07 Å². The summed E-state index contributed by atoms with van der Waals surface area (Å²) in [5.74, 6) is 0.314. The summed E-state index contributed by atoms with van der Waals surface area (Å²) in [6, 6.07) is 3.67. The Morgan fingerprint density at radius 2 is 1.90 bits per heavy atom. The Morgan fingerprint density at radius 1 is 1.18 bits per heavy atom. The Balaban J connectivity index is 1.63. The van der Waals surface area contributed by atoms with Crippen LogP contribution in [0.4, 0.5) is 16.3 Å². The van der Waals surface area contributed by atoms with Gasteiger partial charge in [0.25, 0.3) is 5.91 Å². The van der Waals surface area contributed by atoms with Crippen molar-refractivity contribution in [3.8, 4) is 0 Å². The maximum absolute atomic E-state index is 13.6. The van der Waals surface area contributed by atoms with E-state index in [1.807, 2.05) is 40.7 Å². The zero-order chi connectivity index (χ0) is 29.4. The predicted octanol–water partition coefficient (Wildman–Crippen LogP) is 3.93. The summed E-state index contributed by atoms with van der Waals surface area (Å²) in [6.45, 7) is 10.4. The van der Waals surface area contributed by atoms with E-state index in [9.17, 15) is 14.4 Å². The third-order valence-electron chi connectivity index (χ3n) is 7.25. The fourth-order valence-corrected chi connectivity index (χ4v) is 4.92. The first-order chi connectivity index (χ1) is 18.8. The van der Waals surface area contributed by atoms with Gasteiger partial charge in [0.05, 0.1) is 6.42 Å². The van der Waals surface area contributed by atoms with Gasteiger partial charge in [0.1, 0.15) is 22.8 Å². The molecule has 2 aromatic heterocycles. The number of anilines is 2. The molecule has 3 N–H and O–H groups in total. The number of carbonyl (C=O) groups is 3. The standard InChI is InChI=1S/C29H39N7O4/c1-17-18(2)21(11-10-19(17)15-22(37)34(6)7)32-27(38)23-24-25(30)31-12-14-36(24)26(33-23)20-9-8-13-35(16-20)28(39)40-29(3,4)5/h10-12,14,20H,8-9,13,15-16H2,1-7H3,(H2,30,31)(H,32,38)/t20-/m1/s1. The number of likely N-dealkylation sites (N-methyl/N-ethyl adjacent to an activating group) is 1. The Morgan fingerprint density at radius 3 is 2.58 bits per heavy atom. The molecule has 1 aromatic carbocycles. The van der Waals surface area contributed by atoms with E-state index in [0.717, 1.165) is 29.5 Å². The second kappa shape index (κ2) is 11.1. The number of benzene rings is 1. The number of fused-ring (bicyclic) bond motifs is 1. The number of hydrogen-bond donors (Lipinski definition) is 2. The van der Waals surface area contributed by atoms with Gasteiger partial charge in [-0.15, -0.1) is 0 Å². The summed E-state index contributed by atoms with van der Waals surface area (Å²) in [7, 11) is 3.46. The summed E-state index contributed by atoms with van der Waals surface area (Å²) >= 11 is 0. The molecule has 3 aromatic rings. The molecule has 0 bridgehead atoms. The van der Waals surface area contributed by atoms with Crippen molar-refractivity contribution in [3.63, 3.8) is 0 Å². The SMILES string of the molecule is Cc1c(CC(=O)N(C)C)ccc(NC(=O)c2nc([C@@H]3CCCN(C(=O)OC(C)(C)C)C3)n3ccnc(N)c23)c1C. The number of imidazole rings is 1. The number of hydrogen-bond acceptors (Lipinski definition) is 7. The van der Waals surface area contributed by atoms with Crippen LogP contribution in [0.2, 0.25) is 0 Å². The molecule has 1 fully saturated rings. The van der Waals surface area contributed by atoms with Crippen molar-refractivity contribution in [1.29, 1.82) is 0 Å². The summed E-state index contributed by atoms with van der Waals surface area (Å²) in [5, 5.41) is 2.98. The molecule has 3 heterocycles. The van der Waals surface area contributed by atoms with Crippen molar-refractivity contribution in [2.24, 2.45) is 0 Å². The molecule has 1 aliphatic rings. The number of ether oxygens (including phenoxy) is 1. The van der Waals surface area contributed by atoms with Gasteiger partial charge in [-0.3, -0.25) is 14.0 Å². The number of rotatable bonds is 5. The number of nitrogens with zero attached hydrogens (tertiary/aromatic N) is 5. The van der Waals surface area contributed by atoms with E-state index < -0.39 is 11.5 Å². The number of nitrogens with one attached hydrogen (secondary N) is 1. The highest BCUT2D eigenvalue weighted by molar-refractivity contribution is 6.09. The summed E-state index contributed by atoms with van der Waals surface area (Å²) < 4.78 is 7.38. The highest BCUT2D eigenvalue weighted by Crippen LogP contribution is 2.31. The number of piperidine rings is 1. The van der Waals surface area contributed by atoms with Gasteiger partial charge in [-0.05, 0) is 70.2 Å². The molecule has 11 nitrogen and oxygen atoms in total. The number of nitrogen functional groups attached to an aromatic ring is 1. The van der Waals surface area contributed by atoms with Crippen molar-refractivity contribution < 1.29 is 19.1 Å². The number of aromatic nitrogens is 3. The quantitative estimate of drug-likeness (QED) is 0.492. The first-order valence-electron chi connectivity index (χ1n) is 13.5. The van der Waals surface area contributed by atoms with Gasteiger partial charge >= 0.3 is 6.09 Å². The van der Waals surface area contributed by atoms with Crippen LogP contribution in [0.1, 0.15) is 72.5 Å². The van der Waals surface area contributed by atoms with E-state index >= 15 is 0 Å². The van der Waals surface area contributed by atoms with E-state index in [-0.39, 0.29) is 35.9 Å². The molecule has 4 rings (SSSR count). The van der Waals surface area contributed by atoms with Crippen LogP contribution >= 0.6 is 0 Å². The van der Waals surface area contributed by atoms with Crippen LogP contribution < -0.4 is 11.1 Å². The predicted molar refractivity (Wildman–Crippen MR) is 153 cm³/mol. The number of carbonyl (C=O) groups excluding carboxylic acids is 3. The topological polar surface area (TPSA) is 135 Å². The van der Waals surface area contributed by atoms with E-state index in [0.29, 0.717) is 30.1 Å². The summed E-state index contributed by atoms with van der Waals surface area (Å²) in [6.07, 6.45) is 4.81. The largest absolute Gasteiger partial charge is 0.444 e. The Labute approximate surface area is 234 Å². The first-order valence-corrected chi connectivity index (χ1v) is 13.5. The van der Waals surface area contributed by atoms with Crippen molar-refractivity contribution in [1.82, 2.24) is 24.2 Å². The molecule has 0 saturated carbocycles. The minimum absolute atomic E-state index is 0.00668. The van der Waals surface area contributed by atoms with Crippen molar-refractivity contribution in [2.75, 3.05) is 38.2 Å². The fourth-order valence-electron chi connectivity index (χ4n) is 4.92. The maximum atomic E-state index is 13.6. The molecule has 0 aliphatic carbocycles. The highest BCUT2D eigenvalue weighted by atomic mass is 16.6. The monoisotopic (exact) mass is 549 g/mol. The van der Waals surface area contributed by atoms with Crippen LogP contribution in [-0.4, -0.2) is 74.9 Å². The van der Waals surface area contributed by atoms with E-state index in [1.165, 1.54) is 0 Å². The Bertz CT molecular complexity index is 1450. The number of amides is 3. The maximum Gasteiger partial charge on any atom is 0.410 e. The average Bonchev–Trinajstić information content (AvgIpc) is 3.28. The molecule has 1 aliphatic heterocycles. The molecule has 0 radical (unpaired) electrons. The van der Waals surface area contributed by atoms with Crippen molar-refractivity contribution in [2.45, 2.75) is 65.4 Å². The molecule has 3 amide bonds.